The van der Waals surface area contributed by atoms with Gasteiger partial charge in [-0.1, -0.05) is 30.3 Å². The second-order valence-electron chi connectivity index (χ2n) is 5.03. The molecule has 1 aromatic carbocycles. The van der Waals surface area contributed by atoms with Crippen LogP contribution in [0.25, 0.3) is 0 Å². The lowest BCUT2D eigenvalue weighted by molar-refractivity contribution is -0.151. The number of carbonyl (C=O) groups excluding carboxylic acids is 1. The molecule has 0 aliphatic rings. The molecule has 0 heterocycles. The molecule has 0 amide bonds. The maximum Gasteiger partial charge on any atom is 0.316 e. The Morgan fingerprint density at radius 3 is 2.44 bits per heavy atom. The molecule has 0 aromatic heterocycles. The number of esters is 1. The van der Waals surface area contributed by atoms with E-state index in [4.69, 9.17) is 10.5 Å². The normalized spacial score (nSPS) is 13.1. The van der Waals surface area contributed by atoms with Crippen LogP contribution >= 0.6 is 11.8 Å². The molecular weight excluding hydrogens is 246 g/mol. The quantitative estimate of drug-likeness (QED) is 0.833. The van der Waals surface area contributed by atoms with Gasteiger partial charge >= 0.3 is 5.97 Å². The van der Waals surface area contributed by atoms with Gasteiger partial charge in [-0.05, 0) is 26.3 Å². The average Bonchev–Trinajstić information content (AvgIpc) is 2.29. The summed E-state index contributed by atoms with van der Waals surface area (Å²) in [5.74, 6) is 0.135. The van der Waals surface area contributed by atoms with Crippen LogP contribution in [0.4, 0.5) is 0 Å². The van der Waals surface area contributed by atoms with E-state index < -0.39 is 5.60 Å². The third-order valence-electron chi connectivity index (χ3n) is 2.21. The Morgan fingerprint density at radius 1 is 1.33 bits per heavy atom. The third kappa shape index (κ3) is 5.56. The zero-order chi connectivity index (χ0) is 13.6. The van der Waals surface area contributed by atoms with Crippen molar-refractivity contribution in [3.63, 3.8) is 0 Å². The lowest BCUT2D eigenvalue weighted by Crippen LogP contribution is -2.25. The summed E-state index contributed by atoms with van der Waals surface area (Å²) in [5.41, 5.74) is 6.46. The maximum absolute atomic E-state index is 11.6. The Bertz CT molecular complexity index is 373. The second-order valence-corrected chi connectivity index (χ2v) is 6.22. The van der Waals surface area contributed by atoms with E-state index in [9.17, 15) is 4.79 Å². The molecule has 0 aliphatic heterocycles. The van der Waals surface area contributed by atoms with Crippen LogP contribution in [-0.4, -0.2) is 23.9 Å². The number of rotatable bonds is 5. The van der Waals surface area contributed by atoms with Crippen LogP contribution in [0.5, 0.6) is 0 Å². The minimum Gasteiger partial charge on any atom is -0.459 e. The van der Waals surface area contributed by atoms with Crippen LogP contribution in [0.1, 0.15) is 31.6 Å². The standard InChI is InChI=1S/C14H21NO2S/c1-14(2,3)17-13(16)10-18-12(9-15)11-7-5-4-6-8-11/h4-8,12H,9-10,15H2,1-3H3. The van der Waals surface area contributed by atoms with Crippen LogP contribution in [0.2, 0.25) is 0 Å². The Labute approximate surface area is 113 Å². The summed E-state index contributed by atoms with van der Waals surface area (Å²) >= 11 is 1.52. The number of nitrogens with two attached hydrogens (primary N) is 1. The molecule has 0 spiro atoms. The van der Waals surface area contributed by atoms with Crippen LogP contribution in [0, 0.1) is 0 Å². The van der Waals surface area contributed by atoms with Crippen LogP contribution < -0.4 is 5.73 Å². The van der Waals surface area contributed by atoms with Gasteiger partial charge in [0.1, 0.15) is 5.60 Å². The first-order valence-electron chi connectivity index (χ1n) is 6.01. The van der Waals surface area contributed by atoms with Gasteiger partial charge < -0.3 is 10.5 Å². The van der Waals surface area contributed by atoms with Crippen molar-refractivity contribution in [3.05, 3.63) is 35.9 Å². The largest absolute Gasteiger partial charge is 0.459 e. The van der Waals surface area contributed by atoms with E-state index in [0.29, 0.717) is 12.3 Å². The van der Waals surface area contributed by atoms with E-state index >= 15 is 0 Å². The highest BCUT2D eigenvalue weighted by atomic mass is 32.2. The molecule has 0 bridgehead atoms. The van der Waals surface area contributed by atoms with Gasteiger partial charge in [0.15, 0.2) is 0 Å². The fourth-order valence-corrected chi connectivity index (χ4v) is 2.39. The summed E-state index contributed by atoms with van der Waals surface area (Å²) in [6.07, 6.45) is 0. The molecule has 1 unspecified atom stereocenters. The zero-order valence-corrected chi connectivity index (χ0v) is 12.0. The zero-order valence-electron chi connectivity index (χ0n) is 11.2. The number of hydrogen-bond acceptors (Lipinski definition) is 4. The number of ether oxygens (including phenoxy) is 1. The van der Waals surface area contributed by atoms with Crippen molar-refractivity contribution in [2.45, 2.75) is 31.6 Å². The summed E-state index contributed by atoms with van der Waals surface area (Å²) in [7, 11) is 0. The molecule has 0 aliphatic carbocycles. The molecule has 0 saturated carbocycles. The lowest BCUT2D eigenvalue weighted by atomic mass is 10.1. The number of carbonyl (C=O) groups is 1. The average molecular weight is 267 g/mol. The molecule has 0 fully saturated rings. The smallest absolute Gasteiger partial charge is 0.316 e. The van der Waals surface area contributed by atoms with Gasteiger partial charge in [-0.3, -0.25) is 4.79 Å². The summed E-state index contributed by atoms with van der Waals surface area (Å²) < 4.78 is 5.27. The van der Waals surface area contributed by atoms with Crippen molar-refractivity contribution in [1.29, 1.82) is 0 Å². The van der Waals surface area contributed by atoms with Crippen LogP contribution in [0.15, 0.2) is 30.3 Å². The summed E-state index contributed by atoms with van der Waals surface area (Å²) in [6.45, 7) is 6.12. The van der Waals surface area contributed by atoms with E-state index in [0.717, 1.165) is 5.56 Å². The lowest BCUT2D eigenvalue weighted by Gasteiger charge is -2.20. The minimum atomic E-state index is -0.428. The molecule has 0 radical (unpaired) electrons. The molecule has 1 atom stereocenters. The van der Waals surface area contributed by atoms with E-state index in [2.05, 4.69) is 0 Å². The molecule has 1 aromatic rings. The van der Waals surface area contributed by atoms with Gasteiger partial charge in [-0.2, -0.15) is 0 Å². The fourth-order valence-electron chi connectivity index (χ4n) is 1.51. The van der Waals surface area contributed by atoms with Crippen molar-refractivity contribution in [1.82, 2.24) is 0 Å². The number of benzene rings is 1. The molecule has 4 heteroatoms. The molecule has 1 rings (SSSR count). The van der Waals surface area contributed by atoms with E-state index in [1.54, 1.807) is 0 Å². The van der Waals surface area contributed by atoms with Gasteiger partial charge in [0.05, 0.1) is 5.75 Å². The van der Waals surface area contributed by atoms with Crippen LogP contribution in [-0.2, 0) is 9.53 Å². The SMILES string of the molecule is CC(C)(C)OC(=O)CSC(CN)c1ccccc1. The summed E-state index contributed by atoms with van der Waals surface area (Å²) in [4.78, 5) is 11.6. The van der Waals surface area contributed by atoms with Gasteiger partial charge in [-0.15, -0.1) is 11.8 Å². The van der Waals surface area contributed by atoms with Crippen molar-refractivity contribution < 1.29 is 9.53 Å². The first-order valence-corrected chi connectivity index (χ1v) is 7.05. The second kappa shape index (κ2) is 6.81. The summed E-state index contributed by atoms with van der Waals surface area (Å²) in [6, 6.07) is 9.98. The first kappa shape index (κ1) is 15.1. The molecular formula is C14H21NO2S. The van der Waals surface area contributed by atoms with E-state index in [1.807, 2.05) is 51.1 Å². The van der Waals surface area contributed by atoms with E-state index in [-0.39, 0.29) is 11.2 Å². The molecule has 3 nitrogen and oxygen atoms in total. The van der Waals surface area contributed by atoms with Gasteiger partial charge in [-0.25, -0.2) is 0 Å². The molecule has 0 saturated heterocycles. The number of thioether (sulfide) groups is 1. The van der Waals surface area contributed by atoms with E-state index in [1.165, 1.54) is 11.8 Å². The highest BCUT2D eigenvalue weighted by molar-refractivity contribution is 8.00. The Morgan fingerprint density at radius 2 is 1.94 bits per heavy atom. The molecule has 2 N–H and O–H groups in total. The fraction of sp³-hybridized carbons (Fsp3) is 0.500. The van der Waals surface area contributed by atoms with Crippen LogP contribution in [0.3, 0.4) is 0 Å². The highest BCUT2D eigenvalue weighted by Gasteiger charge is 2.18. The van der Waals surface area contributed by atoms with Crippen molar-refractivity contribution in [2.75, 3.05) is 12.3 Å². The van der Waals surface area contributed by atoms with Crippen molar-refractivity contribution in [3.8, 4) is 0 Å². The summed E-state index contributed by atoms with van der Waals surface area (Å²) in [5, 5.41) is 0.138. The maximum atomic E-state index is 11.6. The van der Waals surface area contributed by atoms with Crippen molar-refractivity contribution >= 4 is 17.7 Å². The first-order chi connectivity index (χ1) is 8.42. The van der Waals surface area contributed by atoms with Crippen molar-refractivity contribution in [2.24, 2.45) is 5.73 Å². The minimum absolute atomic E-state index is 0.138. The number of hydrogen-bond donors (Lipinski definition) is 1. The monoisotopic (exact) mass is 267 g/mol. The molecule has 18 heavy (non-hydrogen) atoms. The van der Waals surface area contributed by atoms with Gasteiger partial charge in [0.25, 0.3) is 0 Å². The Balaban J connectivity index is 2.48. The Kier molecular flexibility index (Phi) is 5.69. The predicted molar refractivity (Wildman–Crippen MR) is 76.5 cm³/mol. The highest BCUT2D eigenvalue weighted by Crippen LogP contribution is 2.27. The topological polar surface area (TPSA) is 52.3 Å². The van der Waals surface area contributed by atoms with Gasteiger partial charge in [0.2, 0.25) is 0 Å². The predicted octanol–water partition coefficient (Wildman–Crippen LogP) is 2.76. The third-order valence-corrected chi connectivity index (χ3v) is 3.48. The van der Waals surface area contributed by atoms with Gasteiger partial charge in [0, 0.05) is 11.8 Å². The molecule has 100 valence electrons. The Hall–Kier alpha value is -1.00.